The van der Waals surface area contributed by atoms with E-state index in [1.54, 1.807) is 0 Å². The van der Waals surface area contributed by atoms with Crippen molar-refractivity contribution in [1.29, 1.82) is 0 Å². The molecule has 0 unspecified atom stereocenters. The Bertz CT molecular complexity index is 164. The predicted molar refractivity (Wildman–Crippen MR) is 69.6 cm³/mol. The smallest absolute Gasteiger partial charge is 0.0499 e. The molecule has 0 aromatic rings. The Morgan fingerprint density at radius 1 is 1.06 bits per heavy atom. The summed E-state index contributed by atoms with van der Waals surface area (Å²) in [7, 11) is 0. The maximum atomic E-state index is 9.54. The third-order valence-corrected chi connectivity index (χ3v) is 3.96. The fraction of sp³-hybridized carbons (Fsp3) is 1.00. The van der Waals surface area contributed by atoms with E-state index >= 15 is 0 Å². The van der Waals surface area contributed by atoms with E-state index < -0.39 is 0 Å². The summed E-state index contributed by atoms with van der Waals surface area (Å²) in [4.78, 5) is 0. The molecule has 2 N–H and O–H groups in total. The SMILES string of the molecule is CCCCCCNCC1(CO)CCCCC1. The fourth-order valence-electron chi connectivity index (χ4n) is 2.72. The summed E-state index contributed by atoms with van der Waals surface area (Å²) in [6.45, 7) is 4.77. The zero-order valence-corrected chi connectivity index (χ0v) is 10.9. The van der Waals surface area contributed by atoms with Crippen LogP contribution in [0, 0.1) is 5.41 Å². The van der Waals surface area contributed by atoms with Crippen LogP contribution in [0.15, 0.2) is 0 Å². The monoisotopic (exact) mass is 227 g/mol. The van der Waals surface area contributed by atoms with Gasteiger partial charge in [-0.1, -0.05) is 45.4 Å². The number of aliphatic hydroxyl groups excluding tert-OH is 1. The van der Waals surface area contributed by atoms with Crippen LogP contribution in [0.5, 0.6) is 0 Å². The van der Waals surface area contributed by atoms with Gasteiger partial charge in [0.05, 0.1) is 0 Å². The van der Waals surface area contributed by atoms with Gasteiger partial charge >= 0.3 is 0 Å². The molecule has 0 spiro atoms. The van der Waals surface area contributed by atoms with Crippen molar-refractivity contribution in [3.8, 4) is 0 Å². The van der Waals surface area contributed by atoms with Crippen LogP contribution >= 0.6 is 0 Å². The summed E-state index contributed by atoms with van der Waals surface area (Å²) >= 11 is 0. The average Bonchev–Trinajstić information content (AvgIpc) is 2.35. The highest BCUT2D eigenvalue weighted by Crippen LogP contribution is 2.35. The molecule has 1 rings (SSSR count). The summed E-state index contributed by atoms with van der Waals surface area (Å²) in [6.07, 6.45) is 11.7. The lowest BCUT2D eigenvalue weighted by Gasteiger charge is -2.35. The van der Waals surface area contributed by atoms with E-state index in [0.717, 1.165) is 13.1 Å². The molecule has 1 saturated carbocycles. The maximum absolute atomic E-state index is 9.54. The Morgan fingerprint density at radius 3 is 2.44 bits per heavy atom. The number of nitrogens with one attached hydrogen (secondary N) is 1. The summed E-state index contributed by atoms with van der Waals surface area (Å²) in [6, 6.07) is 0. The normalized spacial score (nSPS) is 19.9. The average molecular weight is 227 g/mol. The van der Waals surface area contributed by atoms with Crippen LogP contribution in [0.1, 0.15) is 64.7 Å². The van der Waals surface area contributed by atoms with E-state index in [0.29, 0.717) is 6.61 Å². The topological polar surface area (TPSA) is 32.3 Å². The standard InChI is InChI=1S/C14H29NO/c1-2-3-4-8-11-15-12-14(13-16)9-6-5-7-10-14/h15-16H,2-13H2,1H3. The molecular formula is C14H29NO. The Balaban J connectivity index is 2.08. The minimum atomic E-state index is 0.211. The second kappa shape index (κ2) is 8.08. The van der Waals surface area contributed by atoms with Crippen molar-refractivity contribution in [2.45, 2.75) is 64.7 Å². The summed E-state index contributed by atoms with van der Waals surface area (Å²) in [5.41, 5.74) is 0.211. The lowest BCUT2D eigenvalue weighted by atomic mass is 9.74. The number of aliphatic hydroxyl groups is 1. The molecule has 16 heavy (non-hydrogen) atoms. The first-order valence-electron chi connectivity index (χ1n) is 7.14. The van der Waals surface area contributed by atoms with Gasteiger partial charge in [0.2, 0.25) is 0 Å². The zero-order valence-electron chi connectivity index (χ0n) is 10.9. The fourth-order valence-corrected chi connectivity index (χ4v) is 2.72. The molecule has 0 saturated heterocycles. The van der Waals surface area contributed by atoms with Crippen LogP contribution in [0.4, 0.5) is 0 Å². The van der Waals surface area contributed by atoms with Gasteiger partial charge in [0, 0.05) is 18.6 Å². The van der Waals surface area contributed by atoms with Crippen molar-refractivity contribution in [1.82, 2.24) is 5.32 Å². The molecule has 0 heterocycles. The highest BCUT2D eigenvalue weighted by molar-refractivity contribution is 4.84. The van der Waals surface area contributed by atoms with Gasteiger partial charge in [0.15, 0.2) is 0 Å². The molecule has 96 valence electrons. The molecule has 2 nitrogen and oxygen atoms in total. The molecule has 0 atom stereocenters. The number of unbranched alkanes of at least 4 members (excludes halogenated alkanes) is 3. The Morgan fingerprint density at radius 2 is 1.81 bits per heavy atom. The van der Waals surface area contributed by atoms with Crippen LogP contribution in [0.3, 0.4) is 0 Å². The van der Waals surface area contributed by atoms with E-state index in [1.807, 2.05) is 0 Å². The Kier molecular flexibility index (Phi) is 7.06. The van der Waals surface area contributed by atoms with Crippen LogP contribution in [-0.4, -0.2) is 24.8 Å². The first kappa shape index (κ1) is 14.0. The van der Waals surface area contributed by atoms with Crippen molar-refractivity contribution in [3.63, 3.8) is 0 Å². The summed E-state index contributed by atoms with van der Waals surface area (Å²) < 4.78 is 0. The molecule has 1 aliphatic carbocycles. The van der Waals surface area contributed by atoms with Crippen molar-refractivity contribution in [2.75, 3.05) is 19.7 Å². The lowest BCUT2D eigenvalue weighted by Crippen LogP contribution is -2.39. The predicted octanol–water partition coefficient (Wildman–Crippen LogP) is 3.10. The van der Waals surface area contributed by atoms with E-state index in [1.165, 1.54) is 57.8 Å². The Labute approximate surface area is 101 Å². The minimum absolute atomic E-state index is 0.211. The van der Waals surface area contributed by atoms with Crippen LogP contribution < -0.4 is 5.32 Å². The van der Waals surface area contributed by atoms with Crippen molar-refractivity contribution in [3.05, 3.63) is 0 Å². The first-order chi connectivity index (χ1) is 7.83. The van der Waals surface area contributed by atoms with Gasteiger partial charge in [-0.15, -0.1) is 0 Å². The van der Waals surface area contributed by atoms with Crippen molar-refractivity contribution >= 4 is 0 Å². The molecule has 0 aromatic heterocycles. The van der Waals surface area contributed by atoms with E-state index in [-0.39, 0.29) is 5.41 Å². The van der Waals surface area contributed by atoms with Crippen LogP contribution in [0.25, 0.3) is 0 Å². The van der Waals surface area contributed by atoms with Gasteiger partial charge in [-0.2, -0.15) is 0 Å². The van der Waals surface area contributed by atoms with Gasteiger partial charge in [-0.3, -0.25) is 0 Å². The molecule has 0 bridgehead atoms. The first-order valence-corrected chi connectivity index (χ1v) is 7.14. The molecule has 0 aliphatic heterocycles. The van der Waals surface area contributed by atoms with Crippen LogP contribution in [-0.2, 0) is 0 Å². The van der Waals surface area contributed by atoms with Gasteiger partial charge in [0.25, 0.3) is 0 Å². The second-order valence-corrected chi connectivity index (χ2v) is 5.46. The van der Waals surface area contributed by atoms with Gasteiger partial charge in [-0.25, -0.2) is 0 Å². The maximum Gasteiger partial charge on any atom is 0.0499 e. The highest BCUT2D eigenvalue weighted by atomic mass is 16.3. The lowest BCUT2D eigenvalue weighted by molar-refractivity contribution is 0.0814. The van der Waals surface area contributed by atoms with Gasteiger partial charge < -0.3 is 10.4 Å². The molecule has 1 fully saturated rings. The van der Waals surface area contributed by atoms with E-state index in [4.69, 9.17) is 0 Å². The number of hydrogen-bond acceptors (Lipinski definition) is 2. The van der Waals surface area contributed by atoms with Gasteiger partial charge in [-0.05, 0) is 25.8 Å². The second-order valence-electron chi connectivity index (χ2n) is 5.46. The number of hydrogen-bond donors (Lipinski definition) is 2. The largest absolute Gasteiger partial charge is 0.396 e. The number of rotatable bonds is 8. The van der Waals surface area contributed by atoms with E-state index in [9.17, 15) is 5.11 Å². The molecule has 2 heteroatoms. The van der Waals surface area contributed by atoms with E-state index in [2.05, 4.69) is 12.2 Å². The van der Waals surface area contributed by atoms with Crippen molar-refractivity contribution in [2.24, 2.45) is 5.41 Å². The Hall–Kier alpha value is -0.0800. The van der Waals surface area contributed by atoms with Gasteiger partial charge in [0.1, 0.15) is 0 Å². The zero-order chi connectivity index (χ0) is 11.7. The van der Waals surface area contributed by atoms with Crippen molar-refractivity contribution < 1.29 is 5.11 Å². The molecule has 0 radical (unpaired) electrons. The molecule has 0 amide bonds. The quantitative estimate of drug-likeness (QED) is 0.625. The minimum Gasteiger partial charge on any atom is -0.396 e. The highest BCUT2D eigenvalue weighted by Gasteiger charge is 2.30. The summed E-state index contributed by atoms with van der Waals surface area (Å²) in [5.74, 6) is 0. The summed E-state index contributed by atoms with van der Waals surface area (Å²) in [5, 5.41) is 13.1. The third kappa shape index (κ3) is 4.84. The van der Waals surface area contributed by atoms with Crippen LogP contribution in [0.2, 0.25) is 0 Å². The molecule has 0 aromatic carbocycles. The third-order valence-electron chi connectivity index (χ3n) is 3.96. The molecule has 1 aliphatic rings. The molecular weight excluding hydrogens is 198 g/mol.